The summed E-state index contributed by atoms with van der Waals surface area (Å²) in [5, 5.41) is 0. The average Bonchev–Trinajstić information content (AvgIpc) is 3.06. The summed E-state index contributed by atoms with van der Waals surface area (Å²) in [6, 6.07) is 0.768. The maximum Gasteiger partial charge on any atom is 0.224 e. The number of carbonyl (C=O) groups is 1. The van der Waals surface area contributed by atoms with Gasteiger partial charge in [-0.05, 0) is 52.4 Å². The number of nitrogens with two attached hydrogens (primary N) is 1. The molecular weight excluding hydrogens is 264 g/mol. The van der Waals surface area contributed by atoms with Crippen molar-refractivity contribution in [1.29, 1.82) is 0 Å². The summed E-state index contributed by atoms with van der Waals surface area (Å²) < 4.78 is 0. The number of amides is 1. The van der Waals surface area contributed by atoms with Gasteiger partial charge in [-0.1, -0.05) is 6.92 Å². The SMILES string of the molecule is CCN1CCC(N(C)C(CN)CC(=O)N2CCCC2)CC1. The molecule has 2 aliphatic heterocycles. The fourth-order valence-electron chi connectivity index (χ4n) is 3.63. The van der Waals surface area contributed by atoms with Gasteiger partial charge >= 0.3 is 0 Å². The van der Waals surface area contributed by atoms with Gasteiger partial charge in [0, 0.05) is 38.1 Å². The molecule has 2 heterocycles. The molecule has 0 spiro atoms. The molecule has 0 saturated carbocycles. The maximum atomic E-state index is 12.3. The van der Waals surface area contributed by atoms with Gasteiger partial charge in [-0.3, -0.25) is 9.69 Å². The van der Waals surface area contributed by atoms with Crippen LogP contribution in [0.15, 0.2) is 0 Å². The van der Waals surface area contributed by atoms with Crippen LogP contribution < -0.4 is 5.73 Å². The molecule has 0 aromatic heterocycles. The lowest BCUT2D eigenvalue weighted by atomic mass is 10.0. The van der Waals surface area contributed by atoms with Crippen molar-refractivity contribution in [3.63, 3.8) is 0 Å². The zero-order valence-electron chi connectivity index (χ0n) is 13.8. The second-order valence-electron chi connectivity index (χ2n) is 6.51. The van der Waals surface area contributed by atoms with E-state index < -0.39 is 0 Å². The minimum Gasteiger partial charge on any atom is -0.343 e. The number of hydrogen-bond donors (Lipinski definition) is 1. The fourth-order valence-corrected chi connectivity index (χ4v) is 3.63. The molecule has 0 aromatic rings. The van der Waals surface area contributed by atoms with Crippen LogP contribution in [0.5, 0.6) is 0 Å². The van der Waals surface area contributed by atoms with Gasteiger partial charge in [0.2, 0.25) is 5.91 Å². The smallest absolute Gasteiger partial charge is 0.224 e. The van der Waals surface area contributed by atoms with Crippen molar-refractivity contribution in [2.45, 2.75) is 51.1 Å². The predicted molar refractivity (Wildman–Crippen MR) is 86.2 cm³/mol. The molecule has 0 radical (unpaired) electrons. The van der Waals surface area contributed by atoms with Crippen LogP contribution in [-0.4, -0.2) is 79.0 Å². The summed E-state index contributed by atoms with van der Waals surface area (Å²) in [7, 11) is 2.15. The monoisotopic (exact) mass is 296 g/mol. The highest BCUT2D eigenvalue weighted by molar-refractivity contribution is 5.77. The third-order valence-corrected chi connectivity index (χ3v) is 5.30. The first-order valence-electron chi connectivity index (χ1n) is 8.57. The Bertz CT molecular complexity index is 322. The second-order valence-corrected chi connectivity index (χ2v) is 6.51. The Morgan fingerprint density at radius 1 is 1.24 bits per heavy atom. The van der Waals surface area contributed by atoms with Gasteiger partial charge in [0.25, 0.3) is 0 Å². The van der Waals surface area contributed by atoms with Crippen molar-refractivity contribution in [2.75, 3.05) is 46.3 Å². The molecule has 2 fully saturated rings. The molecule has 2 rings (SSSR count). The van der Waals surface area contributed by atoms with Crippen molar-refractivity contribution >= 4 is 5.91 Å². The van der Waals surface area contributed by atoms with Crippen LogP contribution in [0.2, 0.25) is 0 Å². The van der Waals surface area contributed by atoms with Crippen LogP contribution in [0.3, 0.4) is 0 Å². The van der Waals surface area contributed by atoms with E-state index in [1.54, 1.807) is 0 Å². The lowest BCUT2D eigenvalue weighted by Gasteiger charge is -2.40. The standard InChI is InChI=1S/C16H32N4O/c1-3-19-10-6-14(7-11-19)18(2)15(13-17)12-16(21)20-8-4-5-9-20/h14-15H,3-13,17H2,1-2H3. The summed E-state index contributed by atoms with van der Waals surface area (Å²) in [5.41, 5.74) is 5.96. The fraction of sp³-hybridized carbons (Fsp3) is 0.938. The molecule has 5 heteroatoms. The Labute approximate surface area is 129 Å². The Kier molecular flexibility index (Phi) is 6.45. The molecule has 1 amide bonds. The van der Waals surface area contributed by atoms with E-state index in [9.17, 15) is 4.79 Å². The molecule has 2 aliphatic rings. The highest BCUT2D eigenvalue weighted by atomic mass is 16.2. The minimum absolute atomic E-state index is 0.191. The van der Waals surface area contributed by atoms with E-state index >= 15 is 0 Å². The Morgan fingerprint density at radius 2 is 1.86 bits per heavy atom. The molecule has 5 nitrogen and oxygen atoms in total. The van der Waals surface area contributed by atoms with E-state index in [-0.39, 0.29) is 6.04 Å². The summed E-state index contributed by atoms with van der Waals surface area (Å²) in [6.45, 7) is 8.16. The first-order chi connectivity index (χ1) is 10.2. The molecule has 2 saturated heterocycles. The quantitative estimate of drug-likeness (QED) is 0.785. The van der Waals surface area contributed by atoms with Crippen LogP contribution >= 0.6 is 0 Å². The van der Waals surface area contributed by atoms with Crippen LogP contribution in [0.25, 0.3) is 0 Å². The number of nitrogens with zero attached hydrogens (tertiary/aromatic N) is 3. The maximum absolute atomic E-state index is 12.3. The highest BCUT2D eigenvalue weighted by Crippen LogP contribution is 2.19. The third-order valence-electron chi connectivity index (χ3n) is 5.30. The normalized spacial score (nSPS) is 23.0. The zero-order chi connectivity index (χ0) is 15.2. The third kappa shape index (κ3) is 4.41. The topological polar surface area (TPSA) is 52.8 Å². The summed E-state index contributed by atoms with van der Waals surface area (Å²) in [4.78, 5) is 19.2. The van der Waals surface area contributed by atoms with Crippen molar-refractivity contribution in [3.8, 4) is 0 Å². The van der Waals surface area contributed by atoms with Gasteiger partial charge in [0.1, 0.15) is 0 Å². The molecule has 0 aromatic carbocycles. The molecule has 2 N–H and O–H groups in total. The Morgan fingerprint density at radius 3 is 2.38 bits per heavy atom. The van der Waals surface area contributed by atoms with Crippen molar-refractivity contribution < 1.29 is 4.79 Å². The Hall–Kier alpha value is -0.650. The first kappa shape index (κ1) is 16.7. The first-order valence-corrected chi connectivity index (χ1v) is 8.57. The lowest BCUT2D eigenvalue weighted by Crippen LogP contribution is -2.50. The Balaban J connectivity index is 1.83. The van der Waals surface area contributed by atoms with E-state index in [0.29, 0.717) is 24.9 Å². The number of hydrogen-bond acceptors (Lipinski definition) is 4. The molecule has 1 atom stereocenters. The predicted octanol–water partition coefficient (Wildman–Crippen LogP) is 0.742. The van der Waals surface area contributed by atoms with Gasteiger partial charge in [0.15, 0.2) is 0 Å². The minimum atomic E-state index is 0.191. The largest absolute Gasteiger partial charge is 0.343 e. The summed E-state index contributed by atoms with van der Waals surface area (Å²) >= 11 is 0. The van der Waals surface area contributed by atoms with Crippen LogP contribution in [0.1, 0.15) is 39.0 Å². The molecule has 21 heavy (non-hydrogen) atoms. The van der Waals surface area contributed by atoms with E-state index in [1.165, 1.54) is 25.9 Å². The number of rotatable bonds is 6. The summed E-state index contributed by atoms with van der Waals surface area (Å²) in [5.74, 6) is 0.292. The number of piperidine rings is 1. The van der Waals surface area contributed by atoms with E-state index in [1.807, 2.05) is 4.90 Å². The van der Waals surface area contributed by atoms with Crippen molar-refractivity contribution in [2.24, 2.45) is 5.73 Å². The molecule has 122 valence electrons. The van der Waals surface area contributed by atoms with Crippen molar-refractivity contribution in [1.82, 2.24) is 14.7 Å². The molecule has 1 unspecified atom stereocenters. The van der Waals surface area contributed by atoms with Gasteiger partial charge in [-0.25, -0.2) is 0 Å². The number of likely N-dealkylation sites (N-methyl/N-ethyl adjacent to an activating group) is 1. The molecule has 0 bridgehead atoms. The van der Waals surface area contributed by atoms with Crippen LogP contribution in [-0.2, 0) is 4.79 Å². The number of likely N-dealkylation sites (tertiary alicyclic amines) is 2. The molecule has 0 aliphatic carbocycles. The van der Waals surface area contributed by atoms with Gasteiger partial charge in [-0.2, -0.15) is 0 Å². The van der Waals surface area contributed by atoms with E-state index in [2.05, 4.69) is 23.8 Å². The summed E-state index contributed by atoms with van der Waals surface area (Å²) in [6.07, 6.45) is 5.28. The highest BCUT2D eigenvalue weighted by Gasteiger charge is 2.29. The average molecular weight is 296 g/mol. The zero-order valence-corrected chi connectivity index (χ0v) is 13.8. The number of carbonyl (C=O) groups excluding carboxylic acids is 1. The van der Waals surface area contributed by atoms with E-state index in [0.717, 1.165) is 32.5 Å². The second kappa shape index (κ2) is 8.11. The molecular formula is C16H32N4O. The van der Waals surface area contributed by atoms with Crippen LogP contribution in [0.4, 0.5) is 0 Å². The van der Waals surface area contributed by atoms with Gasteiger partial charge in [-0.15, -0.1) is 0 Å². The van der Waals surface area contributed by atoms with Crippen molar-refractivity contribution in [3.05, 3.63) is 0 Å². The van der Waals surface area contributed by atoms with E-state index in [4.69, 9.17) is 5.73 Å². The lowest BCUT2D eigenvalue weighted by molar-refractivity contribution is -0.131. The van der Waals surface area contributed by atoms with Gasteiger partial charge in [0.05, 0.1) is 0 Å². The van der Waals surface area contributed by atoms with Crippen LogP contribution in [0, 0.1) is 0 Å². The van der Waals surface area contributed by atoms with Gasteiger partial charge < -0.3 is 15.5 Å².